The number of nitrogens with one attached hydrogen (secondary N) is 1. The summed E-state index contributed by atoms with van der Waals surface area (Å²) in [7, 11) is 1.59. The smallest absolute Gasteiger partial charge is 0.256 e. The van der Waals surface area contributed by atoms with Gasteiger partial charge in [-0.2, -0.15) is 0 Å². The van der Waals surface area contributed by atoms with Crippen LogP contribution in [0.25, 0.3) is 0 Å². The largest absolute Gasteiger partial charge is 0.497 e. The Balaban J connectivity index is 1.32. The summed E-state index contributed by atoms with van der Waals surface area (Å²) >= 11 is 0. The number of hydrogen-bond acceptors (Lipinski definition) is 5. The Bertz CT molecular complexity index is 1190. The quantitative estimate of drug-likeness (QED) is 0.579. The van der Waals surface area contributed by atoms with Gasteiger partial charge in [-0.1, -0.05) is 12.1 Å². The average Bonchev–Trinajstić information content (AvgIpc) is 3.11. The summed E-state index contributed by atoms with van der Waals surface area (Å²) in [5.41, 5.74) is 1.33. The molecule has 9 heteroatoms. The zero-order chi connectivity index (χ0) is 24.8. The van der Waals surface area contributed by atoms with Crippen molar-refractivity contribution in [2.75, 3.05) is 43.5 Å². The zero-order valence-electron chi connectivity index (χ0n) is 19.3. The van der Waals surface area contributed by atoms with Gasteiger partial charge in [-0.3, -0.25) is 9.59 Å². The molecule has 182 valence electrons. The fourth-order valence-electron chi connectivity index (χ4n) is 3.96. The lowest BCUT2D eigenvalue weighted by atomic mass is 10.1. The van der Waals surface area contributed by atoms with Crippen LogP contribution in [0, 0.1) is 11.6 Å². The minimum atomic E-state index is -0.859. The van der Waals surface area contributed by atoms with Gasteiger partial charge in [0, 0.05) is 32.2 Å². The van der Waals surface area contributed by atoms with E-state index in [9.17, 15) is 18.4 Å². The van der Waals surface area contributed by atoms with E-state index in [1.807, 2.05) is 35.2 Å². The van der Waals surface area contributed by atoms with Crippen LogP contribution in [-0.4, -0.2) is 55.0 Å². The molecule has 0 spiro atoms. The molecule has 0 aliphatic carbocycles. The number of benzene rings is 2. The third-order valence-electron chi connectivity index (χ3n) is 5.82. The van der Waals surface area contributed by atoms with Crippen LogP contribution in [0.3, 0.4) is 0 Å². The summed E-state index contributed by atoms with van der Waals surface area (Å²) in [5.74, 6) is -0.721. The summed E-state index contributed by atoms with van der Waals surface area (Å²) in [6.45, 7) is 2.04. The summed E-state index contributed by atoms with van der Waals surface area (Å²) in [6, 6.07) is 13.9. The second-order valence-corrected chi connectivity index (χ2v) is 8.24. The normalized spacial score (nSPS) is 13.8. The van der Waals surface area contributed by atoms with E-state index in [1.165, 1.54) is 6.07 Å². The molecule has 0 saturated carbocycles. The third kappa shape index (κ3) is 6.11. The van der Waals surface area contributed by atoms with Crippen molar-refractivity contribution in [2.24, 2.45) is 0 Å². The predicted octanol–water partition coefficient (Wildman–Crippen LogP) is 3.90. The monoisotopic (exact) mass is 480 g/mol. The lowest BCUT2D eigenvalue weighted by Gasteiger charge is -2.23. The van der Waals surface area contributed by atoms with Gasteiger partial charge >= 0.3 is 0 Å². The van der Waals surface area contributed by atoms with Crippen molar-refractivity contribution in [3.8, 4) is 5.75 Å². The standard InChI is InChI=1S/C26H26F2N4O3/c1-35-21-7-3-18(4-8-21)15-25(33)30-20-6-10-24(29-17-20)31-11-2-12-32(14-13-31)26(34)22-9-5-19(27)16-23(22)28/h3-10,16-17H,2,11-15H2,1H3,(H,30,33). The van der Waals surface area contributed by atoms with Crippen LogP contribution >= 0.6 is 0 Å². The number of anilines is 2. The summed E-state index contributed by atoms with van der Waals surface area (Å²) in [6.07, 6.45) is 2.51. The Hall–Kier alpha value is -4.01. The van der Waals surface area contributed by atoms with Gasteiger partial charge in [-0.25, -0.2) is 13.8 Å². The first kappa shape index (κ1) is 24.1. The molecule has 0 atom stereocenters. The molecule has 2 heterocycles. The fourth-order valence-corrected chi connectivity index (χ4v) is 3.96. The first-order chi connectivity index (χ1) is 16.9. The van der Waals surface area contributed by atoms with Gasteiger partial charge in [-0.15, -0.1) is 0 Å². The average molecular weight is 481 g/mol. The highest BCUT2D eigenvalue weighted by Crippen LogP contribution is 2.19. The van der Waals surface area contributed by atoms with Crippen LogP contribution < -0.4 is 15.0 Å². The highest BCUT2D eigenvalue weighted by molar-refractivity contribution is 5.94. The molecule has 4 rings (SSSR count). The van der Waals surface area contributed by atoms with Crippen molar-refractivity contribution in [3.05, 3.63) is 83.6 Å². The number of carbonyl (C=O) groups is 2. The SMILES string of the molecule is COc1ccc(CC(=O)Nc2ccc(N3CCCN(C(=O)c4ccc(F)cc4F)CC3)nc2)cc1. The lowest BCUT2D eigenvalue weighted by Crippen LogP contribution is -2.35. The number of rotatable bonds is 6. The molecule has 0 unspecified atom stereocenters. The van der Waals surface area contributed by atoms with Crippen LogP contribution in [0.5, 0.6) is 5.75 Å². The van der Waals surface area contributed by atoms with Crippen LogP contribution in [0.15, 0.2) is 60.8 Å². The molecular weight excluding hydrogens is 454 g/mol. The van der Waals surface area contributed by atoms with Crippen molar-refractivity contribution in [1.82, 2.24) is 9.88 Å². The van der Waals surface area contributed by atoms with E-state index in [4.69, 9.17) is 4.74 Å². The number of amides is 2. The molecule has 1 fully saturated rings. The molecule has 7 nitrogen and oxygen atoms in total. The van der Waals surface area contributed by atoms with E-state index >= 15 is 0 Å². The van der Waals surface area contributed by atoms with E-state index in [0.29, 0.717) is 38.3 Å². The number of methoxy groups -OCH3 is 1. The maximum absolute atomic E-state index is 14.0. The lowest BCUT2D eigenvalue weighted by molar-refractivity contribution is -0.115. The van der Waals surface area contributed by atoms with Crippen molar-refractivity contribution in [3.63, 3.8) is 0 Å². The minimum Gasteiger partial charge on any atom is -0.497 e. The number of ether oxygens (including phenoxy) is 1. The van der Waals surface area contributed by atoms with Crippen LogP contribution in [-0.2, 0) is 11.2 Å². The number of aromatic nitrogens is 1. The van der Waals surface area contributed by atoms with Crippen molar-refractivity contribution in [2.45, 2.75) is 12.8 Å². The van der Waals surface area contributed by atoms with E-state index in [2.05, 4.69) is 10.3 Å². The number of nitrogens with zero attached hydrogens (tertiary/aromatic N) is 3. The van der Waals surface area contributed by atoms with Crippen molar-refractivity contribution in [1.29, 1.82) is 0 Å². The Morgan fingerprint density at radius 1 is 1.00 bits per heavy atom. The van der Waals surface area contributed by atoms with Gasteiger partial charge in [-0.05, 0) is 48.4 Å². The second-order valence-electron chi connectivity index (χ2n) is 8.24. The molecule has 1 aliphatic heterocycles. The van der Waals surface area contributed by atoms with Crippen molar-refractivity contribution < 1.29 is 23.1 Å². The maximum Gasteiger partial charge on any atom is 0.256 e. The molecule has 0 bridgehead atoms. The molecule has 1 aliphatic rings. The van der Waals surface area contributed by atoms with Gasteiger partial charge < -0.3 is 19.9 Å². The Labute approximate surface area is 202 Å². The Kier molecular flexibility index (Phi) is 7.54. The molecular formula is C26H26F2N4O3. The number of pyridine rings is 1. The van der Waals surface area contributed by atoms with Crippen LogP contribution in [0.4, 0.5) is 20.3 Å². The first-order valence-corrected chi connectivity index (χ1v) is 11.3. The second kappa shape index (κ2) is 10.9. The highest BCUT2D eigenvalue weighted by Gasteiger charge is 2.23. The first-order valence-electron chi connectivity index (χ1n) is 11.3. The van der Waals surface area contributed by atoms with Gasteiger partial charge in [0.1, 0.15) is 23.2 Å². The predicted molar refractivity (Wildman–Crippen MR) is 129 cm³/mol. The summed E-state index contributed by atoms with van der Waals surface area (Å²) in [4.78, 5) is 33.2. The molecule has 1 N–H and O–H groups in total. The van der Waals surface area contributed by atoms with Gasteiger partial charge in [0.2, 0.25) is 5.91 Å². The topological polar surface area (TPSA) is 74.8 Å². The molecule has 2 aromatic carbocycles. The molecule has 1 aromatic heterocycles. The maximum atomic E-state index is 14.0. The molecule has 1 saturated heterocycles. The van der Waals surface area contributed by atoms with Gasteiger partial charge in [0.15, 0.2) is 0 Å². The van der Waals surface area contributed by atoms with Crippen LogP contribution in [0.2, 0.25) is 0 Å². The highest BCUT2D eigenvalue weighted by atomic mass is 19.1. The van der Waals surface area contributed by atoms with E-state index < -0.39 is 17.5 Å². The zero-order valence-corrected chi connectivity index (χ0v) is 19.3. The van der Waals surface area contributed by atoms with Crippen molar-refractivity contribution >= 4 is 23.3 Å². The Morgan fingerprint density at radius 2 is 1.80 bits per heavy atom. The molecule has 2 amide bonds. The van der Waals surface area contributed by atoms with Gasteiger partial charge in [0.25, 0.3) is 5.91 Å². The number of carbonyl (C=O) groups excluding carboxylic acids is 2. The summed E-state index contributed by atoms with van der Waals surface area (Å²) < 4.78 is 32.3. The Morgan fingerprint density at radius 3 is 2.49 bits per heavy atom. The minimum absolute atomic E-state index is 0.132. The van der Waals surface area contributed by atoms with Gasteiger partial charge in [0.05, 0.1) is 31.0 Å². The molecule has 35 heavy (non-hydrogen) atoms. The number of hydrogen-bond donors (Lipinski definition) is 1. The van der Waals surface area contributed by atoms with E-state index in [0.717, 1.165) is 29.3 Å². The summed E-state index contributed by atoms with van der Waals surface area (Å²) in [5, 5.41) is 2.84. The van der Waals surface area contributed by atoms with Crippen LogP contribution in [0.1, 0.15) is 22.3 Å². The van der Waals surface area contributed by atoms with E-state index in [-0.39, 0.29) is 17.9 Å². The number of halogens is 2. The molecule has 3 aromatic rings. The molecule has 0 radical (unpaired) electrons. The van der Waals surface area contributed by atoms with E-state index in [1.54, 1.807) is 24.3 Å². The third-order valence-corrected chi connectivity index (χ3v) is 5.82. The fraction of sp³-hybridized carbons (Fsp3) is 0.269.